The van der Waals surface area contributed by atoms with E-state index in [1.54, 1.807) is 23.1 Å². The third-order valence-electron chi connectivity index (χ3n) is 7.10. The maximum Gasteiger partial charge on any atom is 0.261 e. The van der Waals surface area contributed by atoms with Gasteiger partial charge >= 0.3 is 0 Å². The summed E-state index contributed by atoms with van der Waals surface area (Å²) in [6, 6.07) is 12.1. The third-order valence-corrected chi connectivity index (χ3v) is 7.46. The van der Waals surface area contributed by atoms with Crippen LogP contribution in [-0.2, 0) is 13.2 Å². The van der Waals surface area contributed by atoms with E-state index in [4.69, 9.17) is 16.0 Å². The number of amides is 1. The average Bonchev–Trinajstić information content (AvgIpc) is 3.47. The van der Waals surface area contributed by atoms with Crippen molar-refractivity contribution in [3.63, 3.8) is 0 Å². The number of nitrogens with zero attached hydrogens (tertiary/aromatic N) is 1. The lowest BCUT2D eigenvalue weighted by atomic mass is 9.85. The molecule has 202 valence electrons. The molecule has 4 aromatic rings. The fourth-order valence-electron chi connectivity index (χ4n) is 4.99. The number of fused-ring (bicyclic) bond motifs is 1. The molecule has 2 heterocycles. The van der Waals surface area contributed by atoms with Gasteiger partial charge in [-0.1, -0.05) is 44.5 Å². The number of benzene rings is 2. The van der Waals surface area contributed by atoms with Crippen LogP contribution in [0, 0.1) is 19.3 Å². The summed E-state index contributed by atoms with van der Waals surface area (Å²) < 4.78 is 5.84. The first-order valence-electron chi connectivity index (χ1n) is 12.7. The zero-order valence-corrected chi connectivity index (χ0v) is 23.2. The van der Waals surface area contributed by atoms with Gasteiger partial charge in [0.25, 0.3) is 16.8 Å². The average molecular weight is 548 g/mol. The molecule has 0 saturated heterocycles. The molecular formula is C30H30ClN3O5. The Bertz CT molecular complexity index is 1670. The Morgan fingerprint density at radius 1 is 1.03 bits per heavy atom. The van der Waals surface area contributed by atoms with Gasteiger partial charge in [0.15, 0.2) is 0 Å². The second-order valence-electron chi connectivity index (χ2n) is 11.1. The summed E-state index contributed by atoms with van der Waals surface area (Å²) in [6.45, 7) is 9.75. The molecule has 1 aromatic heterocycles. The highest BCUT2D eigenvalue weighted by atomic mass is 35.5. The van der Waals surface area contributed by atoms with E-state index in [-0.39, 0.29) is 41.9 Å². The summed E-state index contributed by atoms with van der Waals surface area (Å²) in [5, 5.41) is 16.6. The lowest BCUT2D eigenvalue weighted by Gasteiger charge is -2.31. The molecule has 0 bridgehead atoms. The van der Waals surface area contributed by atoms with Crippen LogP contribution in [-0.4, -0.2) is 11.0 Å². The van der Waals surface area contributed by atoms with E-state index in [1.807, 2.05) is 58.9 Å². The first-order valence-corrected chi connectivity index (χ1v) is 13.0. The lowest BCUT2D eigenvalue weighted by Crippen LogP contribution is -2.39. The molecule has 1 amide bonds. The molecule has 0 radical (unpaired) electrons. The minimum atomic E-state index is -0.673. The number of rotatable bonds is 7. The van der Waals surface area contributed by atoms with Crippen LogP contribution in [0.2, 0.25) is 5.02 Å². The molecule has 1 aliphatic heterocycles. The Kier molecular flexibility index (Phi) is 6.64. The van der Waals surface area contributed by atoms with E-state index in [0.717, 1.165) is 11.3 Å². The molecule has 5 rings (SSSR count). The van der Waals surface area contributed by atoms with Crippen LogP contribution in [0.25, 0.3) is 0 Å². The first kappa shape index (κ1) is 26.7. The Labute approximate surface area is 230 Å². The van der Waals surface area contributed by atoms with Crippen LogP contribution in [0.15, 0.2) is 56.5 Å². The van der Waals surface area contributed by atoms with Gasteiger partial charge in [0.2, 0.25) is 0 Å². The number of aryl methyl sites for hydroxylation is 2. The van der Waals surface area contributed by atoms with Crippen molar-refractivity contribution in [2.75, 3.05) is 15.5 Å². The van der Waals surface area contributed by atoms with Crippen molar-refractivity contribution < 1.29 is 14.3 Å². The fraction of sp³-hybridized carbons (Fsp3) is 0.300. The van der Waals surface area contributed by atoms with Crippen molar-refractivity contribution in [3.05, 3.63) is 102 Å². The molecule has 0 fully saturated rings. The second-order valence-corrected chi connectivity index (χ2v) is 11.5. The van der Waals surface area contributed by atoms with Crippen LogP contribution in [0.1, 0.15) is 65.4 Å². The van der Waals surface area contributed by atoms with Crippen molar-refractivity contribution in [2.45, 2.75) is 53.8 Å². The predicted octanol–water partition coefficient (Wildman–Crippen LogP) is 5.74. The highest BCUT2D eigenvalue weighted by Crippen LogP contribution is 2.41. The SMILES string of the molecule is Cc1ccc(CO)c(N2Cc3c(Cl)ccc(Nc4c(N[C@@H](c5ccc(C)o5)C(C)(C)C)c(=O)c4=O)c3C2=O)c1. The Morgan fingerprint density at radius 2 is 1.74 bits per heavy atom. The van der Waals surface area contributed by atoms with E-state index in [1.165, 1.54) is 0 Å². The highest BCUT2D eigenvalue weighted by molar-refractivity contribution is 6.33. The quantitative estimate of drug-likeness (QED) is 0.253. The van der Waals surface area contributed by atoms with Crippen molar-refractivity contribution in [2.24, 2.45) is 5.41 Å². The Hall–Kier alpha value is -3.88. The number of hydrogen-bond acceptors (Lipinski definition) is 7. The molecular weight excluding hydrogens is 518 g/mol. The van der Waals surface area contributed by atoms with Gasteiger partial charge in [-0.3, -0.25) is 14.4 Å². The standard InChI is InChI=1S/C30H30ClN3O5/c1-15-6-8-17(14-35)21(12-15)34-13-18-19(31)9-10-20(23(18)29(34)38)32-24-25(27(37)26(24)36)33-28(30(3,4)5)22-11-7-16(2)39-22/h6-12,28,32-33,35H,13-14H2,1-5H3/t28-/m0/s1. The van der Waals surface area contributed by atoms with E-state index < -0.39 is 10.9 Å². The van der Waals surface area contributed by atoms with Crippen molar-refractivity contribution in [3.8, 4) is 0 Å². The summed E-state index contributed by atoms with van der Waals surface area (Å²) >= 11 is 6.51. The number of anilines is 4. The third kappa shape index (κ3) is 4.64. The zero-order chi connectivity index (χ0) is 28.2. The zero-order valence-electron chi connectivity index (χ0n) is 22.4. The van der Waals surface area contributed by atoms with Crippen LogP contribution in [0.5, 0.6) is 0 Å². The van der Waals surface area contributed by atoms with E-state index >= 15 is 0 Å². The van der Waals surface area contributed by atoms with Crippen LogP contribution >= 0.6 is 11.6 Å². The normalized spacial score (nSPS) is 14.1. The smallest absolute Gasteiger partial charge is 0.261 e. The number of aliphatic hydroxyl groups excluding tert-OH is 1. The maximum atomic E-state index is 13.7. The second kappa shape index (κ2) is 9.70. The van der Waals surface area contributed by atoms with E-state index in [0.29, 0.717) is 38.8 Å². The van der Waals surface area contributed by atoms with Crippen LogP contribution in [0.3, 0.4) is 0 Å². The number of hydrogen-bond donors (Lipinski definition) is 3. The van der Waals surface area contributed by atoms with Crippen molar-refractivity contribution in [1.82, 2.24) is 0 Å². The van der Waals surface area contributed by atoms with Gasteiger partial charge in [0.1, 0.15) is 22.9 Å². The molecule has 0 spiro atoms. The summed E-state index contributed by atoms with van der Waals surface area (Å²) in [6.07, 6.45) is 0. The Balaban J connectivity index is 1.51. The molecule has 0 aliphatic carbocycles. The molecule has 1 aliphatic rings. The van der Waals surface area contributed by atoms with E-state index in [9.17, 15) is 19.5 Å². The van der Waals surface area contributed by atoms with Gasteiger partial charge in [-0.25, -0.2) is 0 Å². The summed E-state index contributed by atoms with van der Waals surface area (Å²) in [4.78, 5) is 40.7. The number of aliphatic hydroxyl groups is 1. The van der Waals surface area contributed by atoms with Gasteiger partial charge in [-0.15, -0.1) is 0 Å². The molecule has 8 nitrogen and oxygen atoms in total. The van der Waals surface area contributed by atoms with Crippen molar-refractivity contribution in [1.29, 1.82) is 0 Å². The highest BCUT2D eigenvalue weighted by Gasteiger charge is 2.36. The van der Waals surface area contributed by atoms with Gasteiger partial charge in [0, 0.05) is 16.1 Å². The monoisotopic (exact) mass is 547 g/mol. The van der Waals surface area contributed by atoms with Gasteiger partial charge in [0.05, 0.1) is 36.1 Å². The number of furan rings is 1. The molecule has 0 unspecified atom stereocenters. The first-order chi connectivity index (χ1) is 18.4. The number of halogens is 1. The largest absolute Gasteiger partial charge is 0.464 e. The molecule has 9 heteroatoms. The van der Waals surface area contributed by atoms with E-state index in [2.05, 4.69) is 10.6 Å². The fourth-order valence-corrected chi connectivity index (χ4v) is 5.21. The summed E-state index contributed by atoms with van der Waals surface area (Å²) in [7, 11) is 0. The summed E-state index contributed by atoms with van der Waals surface area (Å²) in [5.74, 6) is 1.07. The van der Waals surface area contributed by atoms with Crippen LogP contribution in [0.4, 0.5) is 22.7 Å². The van der Waals surface area contributed by atoms with Crippen LogP contribution < -0.4 is 26.4 Å². The maximum absolute atomic E-state index is 13.7. The van der Waals surface area contributed by atoms with Crippen molar-refractivity contribution >= 4 is 40.3 Å². The lowest BCUT2D eigenvalue weighted by molar-refractivity contribution is 0.0997. The minimum absolute atomic E-state index is 0.0832. The molecule has 1 atom stereocenters. The molecule has 3 aromatic carbocycles. The van der Waals surface area contributed by atoms with Gasteiger partial charge in [-0.2, -0.15) is 0 Å². The summed E-state index contributed by atoms with van der Waals surface area (Å²) in [5.41, 5.74) is 2.00. The molecule has 0 saturated carbocycles. The molecule has 3 N–H and O–H groups in total. The van der Waals surface area contributed by atoms with Gasteiger partial charge < -0.3 is 25.1 Å². The topological polar surface area (TPSA) is 112 Å². The predicted molar refractivity (Wildman–Crippen MR) is 153 cm³/mol. The number of carbonyl (C=O) groups is 1. The number of nitrogens with one attached hydrogen (secondary N) is 2. The van der Waals surface area contributed by atoms with Gasteiger partial charge in [-0.05, 0) is 55.2 Å². The minimum Gasteiger partial charge on any atom is -0.464 e. The number of carbonyl (C=O) groups excluding carboxylic acids is 1. The molecule has 39 heavy (non-hydrogen) atoms. The Morgan fingerprint density at radius 3 is 2.38 bits per heavy atom.